The van der Waals surface area contributed by atoms with Gasteiger partial charge in [0.15, 0.2) is 5.15 Å². The lowest BCUT2D eigenvalue weighted by Gasteiger charge is -2.38. The van der Waals surface area contributed by atoms with Crippen molar-refractivity contribution in [2.45, 2.75) is 92.3 Å². The van der Waals surface area contributed by atoms with Gasteiger partial charge in [-0.25, -0.2) is 4.98 Å². The minimum atomic E-state index is 0.359. The Kier molecular flexibility index (Phi) is 9.36. The van der Waals surface area contributed by atoms with Crippen LogP contribution >= 0.6 is 11.6 Å². The molecule has 1 unspecified atom stereocenters. The van der Waals surface area contributed by atoms with Crippen LogP contribution in [0.5, 0.6) is 5.75 Å². The van der Waals surface area contributed by atoms with Gasteiger partial charge in [-0.15, -0.1) is 0 Å². The summed E-state index contributed by atoms with van der Waals surface area (Å²) >= 11 is 7.01. The molecule has 200 valence electrons. The molecule has 2 aromatic carbocycles. The maximum atomic E-state index is 7.01. The standard InChI is InChI=1S/C32H44ClN3O/c1-7-10-17-36-29(31(33)34-32(36)30-23(8-2)12-11-13-24(30)9-3)21-35-18-16-25-20-26(37-6)14-15-27(25)28(35)19-22(4)5/h11-15,20,22,28H,7-10,16-19,21H2,1-6H3. The Morgan fingerprint density at radius 2 is 1.81 bits per heavy atom. The fraction of sp³-hybridized carbons (Fsp3) is 0.531. The lowest BCUT2D eigenvalue weighted by molar-refractivity contribution is 0.150. The third kappa shape index (κ3) is 5.91. The number of benzene rings is 2. The summed E-state index contributed by atoms with van der Waals surface area (Å²) in [6.45, 7) is 14.1. The van der Waals surface area contributed by atoms with Gasteiger partial charge in [0.2, 0.25) is 0 Å². The molecular weight excluding hydrogens is 478 g/mol. The fourth-order valence-electron chi connectivity index (χ4n) is 5.86. The summed E-state index contributed by atoms with van der Waals surface area (Å²) in [5, 5.41) is 0.655. The average Bonchev–Trinajstić information content (AvgIpc) is 3.21. The van der Waals surface area contributed by atoms with Crippen molar-refractivity contribution in [2.24, 2.45) is 5.92 Å². The Morgan fingerprint density at radius 3 is 2.43 bits per heavy atom. The van der Waals surface area contributed by atoms with Crippen molar-refractivity contribution in [1.29, 1.82) is 0 Å². The minimum Gasteiger partial charge on any atom is -0.497 e. The topological polar surface area (TPSA) is 30.3 Å². The zero-order valence-electron chi connectivity index (χ0n) is 23.6. The molecule has 0 N–H and O–H groups in total. The van der Waals surface area contributed by atoms with E-state index in [-0.39, 0.29) is 0 Å². The molecule has 1 aliphatic rings. The van der Waals surface area contributed by atoms with Crippen molar-refractivity contribution in [3.05, 3.63) is 69.5 Å². The number of imidazole rings is 1. The van der Waals surface area contributed by atoms with Gasteiger partial charge in [-0.2, -0.15) is 0 Å². The van der Waals surface area contributed by atoms with Gasteiger partial charge in [-0.1, -0.05) is 76.9 Å². The van der Waals surface area contributed by atoms with Crippen molar-refractivity contribution < 1.29 is 4.74 Å². The molecule has 0 fully saturated rings. The van der Waals surface area contributed by atoms with Crippen LogP contribution in [0.1, 0.15) is 87.9 Å². The number of nitrogens with zero attached hydrogens (tertiary/aromatic N) is 3. The SMILES string of the molecule is CCCCn1c(-c2c(CC)cccc2CC)nc(Cl)c1CN1CCc2cc(OC)ccc2C1CC(C)C. The minimum absolute atomic E-state index is 0.359. The molecule has 0 radical (unpaired) electrons. The van der Waals surface area contributed by atoms with E-state index in [1.807, 2.05) is 0 Å². The van der Waals surface area contributed by atoms with Gasteiger partial charge in [-0.3, -0.25) is 4.90 Å². The quantitative estimate of drug-likeness (QED) is 0.254. The van der Waals surface area contributed by atoms with E-state index < -0.39 is 0 Å². The van der Waals surface area contributed by atoms with Crippen LogP contribution in [-0.4, -0.2) is 28.1 Å². The second kappa shape index (κ2) is 12.5. The molecule has 4 rings (SSSR count). The van der Waals surface area contributed by atoms with E-state index in [0.29, 0.717) is 17.1 Å². The van der Waals surface area contributed by atoms with Crippen LogP contribution in [0.3, 0.4) is 0 Å². The first-order valence-electron chi connectivity index (χ1n) is 14.2. The highest BCUT2D eigenvalue weighted by atomic mass is 35.5. The molecule has 0 saturated carbocycles. The third-order valence-corrected chi connectivity index (χ3v) is 8.15. The maximum absolute atomic E-state index is 7.01. The maximum Gasteiger partial charge on any atom is 0.152 e. The molecule has 5 heteroatoms. The molecule has 4 nitrogen and oxygen atoms in total. The Hall–Kier alpha value is -2.30. The van der Waals surface area contributed by atoms with Gasteiger partial charge in [-0.05, 0) is 72.4 Å². The number of hydrogen-bond donors (Lipinski definition) is 0. The lowest BCUT2D eigenvalue weighted by atomic mass is 9.87. The largest absolute Gasteiger partial charge is 0.497 e. The zero-order chi connectivity index (χ0) is 26.5. The number of halogens is 1. The normalized spacial score (nSPS) is 15.8. The summed E-state index contributed by atoms with van der Waals surface area (Å²) in [5.41, 5.74) is 7.99. The van der Waals surface area contributed by atoms with E-state index in [1.165, 1.54) is 27.8 Å². The Bertz CT molecular complexity index is 1180. The second-order valence-electron chi connectivity index (χ2n) is 10.8. The molecule has 1 aliphatic heterocycles. The van der Waals surface area contributed by atoms with Crippen molar-refractivity contribution in [3.63, 3.8) is 0 Å². The van der Waals surface area contributed by atoms with Gasteiger partial charge < -0.3 is 9.30 Å². The molecule has 1 aromatic heterocycles. The van der Waals surface area contributed by atoms with Crippen LogP contribution < -0.4 is 4.74 Å². The van der Waals surface area contributed by atoms with Gasteiger partial charge in [0, 0.05) is 31.2 Å². The van der Waals surface area contributed by atoms with Crippen LogP contribution in [0.4, 0.5) is 0 Å². The third-order valence-electron chi connectivity index (χ3n) is 7.85. The van der Waals surface area contributed by atoms with E-state index >= 15 is 0 Å². The van der Waals surface area contributed by atoms with E-state index in [2.05, 4.69) is 80.5 Å². The summed E-state index contributed by atoms with van der Waals surface area (Å²) in [5.74, 6) is 2.59. The number of hydrogen-bond acceptors (Lipinski definition) is 3. The number of unbranched alkanes of at least 4 members (excludes halogenated alkanes) is 1. The number of rotatable bonds is 11. The monoisotopic (exact) mass is 521 g/mol. The first-order chi connectivity index (χ1) is 17.9. The molecule has 37 heavy (non-hydrogen) atoms. The molecule has 0 spiro atoms. The first-order valence-corrected chi connectivity index (χ1v) is 14.6. The Morgan fingerprint density at radius 1 is 1.08 bits per heavy atom. The molecular formula is C32H44ClN3O. The number of aromatic nitrogens is 2. The Balaban J connectivity index is 1.77. The predicted octanol–water partition coefficient (Wildman–Crippen LogP) is 8.28. The zero-order valence-corrected chi connectivity index (χ0v) is 24.4. The highest BCUT2D eigenvalue weighted by molar-refractivity contribution is 6.30. The van der Waals surface area contributed by atoms with Crippen LogP contribution in [0.25, 0.3) is 11.4 Å². The summed E-state index contributed by atoms with van der Waals surface area (Å²) in [6.07, 6.45) is 6.36. The Labute approximate surface area is 229 Å². The number of methoxy groups -OCH3 is 1. The average molecular weight is 522 g/mol. The van der Waals surface area contributed by atoms with Gasteiger partial charge in [0.25, 0.3) is 0 Å². The predicted molar refractivity (Wildman–Crippen MR) is 156 cm³/mol. The fourth-order valence-corrected chi connectivity index (χ4v) is 6.10. The number of aryl methyl sites for hydroxylation is 2. The second-order valence-corrected chi connectivity index (χ2v) is 11.1. The molecule has 0 bridgehead atoms. The molecule has 0 saturated heterocycles. The molecule has 1 atom stereocenters. The van der Waals surface area contributed by atoms with Crippen LogP contribution in [-0.2, 0) is 32.4 Å². The molecule has 0 aliphatic carbocycles. The first kappa shape index (κ1) is 27.7. The molecule has 3 aromatic rings. The highest BCUT2D eigenvalue weighted by Gasteiger charge is 2.31. The van der Waals surface area contributed by atoms with Crippen LogP contribution in [0, 0.1) is 5.92 Å². The number of fused-ring (bicyclic) bond motifs is 1. The van der Waals surface area contributed by atoms with Gasteiger partial charge in [0.1, 0.15) is 11.6 Å². The highest BCUT2D eigenvalue weighted by Crippen LogP contribution is 2.39. The van der Waals surface area contributed by atoms with Crippen LogP contribution in [0.15, 0.2) is 36.4 Å². The van der Waals surface area contributed by atoms with Crippen molar-refractivity contribution in [3.8, 4) is 17.1 Å². The van der Waals surface area contributed by atoms with E-state index in [1.54, 1.807) is 7.11 Å². The number of ether oxygens (including phenoxy) is 1. The van der Waals surface area contributed by atoms with Gasteiger partial charge in [0.05, 0.1) is 12.8 Å². The van der Waals surface area contributed by atoms with E-state index in [0.717, 1.165) is 75.4 Å². The van der Waals surface area contributed by atoms with Crippen molar-refractivity contribution in [2.75, 3.05) is 13.7 Å². The van der Waals surface area contributed by atoms with E-state index in [9.17, 15) is 0 Å². The van der Waals surface area contributed by atoms with Gasteiger partial charge >= 0.3 is 0 Å². The smallest absolute Gasteiger partial charge is 0.152 e. The van der Waals surface area contributed by atoms with Crippen molar-refractivity contribution in [1.82, 2.24) is 14.5 Å². The van der Waals surface area contributed by atoms with E-state index in [4.69, 9.17) is 21.3 Å². The molecule has 2 heterocycles. The summed E-state index contributed by atoms with van der Waals surface area (Å²) in [7, 11) is 1.75. The summed E-state index contributed by atoms with van der Waals surface area (Å²) in [6, 6.07) is 13.6. The summed E-state index contributed by atoms with van der Waals surface area (Å²) < 4.78 is 7.97. The van der Waals surface area contributed by atoms with Crippen molar-refractivity contribution >= 4 is 11.6 Å². The summed E-state index contributed by atoms with van der Waals surface area (Å²) in [4.78, 5) is 7.69. The lowest BCUT2D eigenvalue weighted by Crippen LogP contribution is -2.36. The molecule has 0 amide bonds. The van der Waals surface area contributed by atoms with Crippen LogP contribution in [0.2, 0.25) is 5.15 Å².